The number of Topliss-reactive ketones (excluding diaryl/α,β-unsaturated/α-hetero) is 1. The molecule has 3 nitrogen and oxygen atoms in total. The number of carbonyl (C=O) groups excluding carboxylic acids is 1. The monoisotopic (exact) mass is 194 g/mol. The predicted molar refractivity (Wildman–Crippen MR) is 57.5 cm³/mol. The number of aromatic nitrogens is 1. The molecule has 0 bridgehead atoms. The molecule has 0 radical (unpaired) electrons. The first-order valence-electron chi connectivity index (χ1n) is 4.87. The van der Waals surface area contributed by atoms with E-state index in [1.165, 1.54) is 0 Å². The Morgan fingerprint density at radius 3 is 2.64 bits per heavy atom. The van der Waals surface area contributed by atoms with Crippen LogP contribution in [-0.4, -0.2) is 34.9 Å². The molecule has 1 aromatic heterocycles. The van der Waals surface area contributed by atoms with Gasteiger partial charge in [-0.25, -0.2) is 0 Å². The van der Waals surface area contributed by atoms with E-state index >= 15 is 0 Å². The van der Waals surface area contributed by atoms with Gasteiger partial charge < -0.3 is 4.57 Å². The summed E-state index contributed by atoms with van der Waals surface area (Å²) in [6, 6.07) is 4.15. The van der Waals surface area contributed by atoms with Crippen LogP contribution >= 0.6 is 0 Å². The number of likely N-dealkylation sites (N-methyl/N-ethyl adjacent to an activating group) is 1. The molecule has 0 saturated heterocycles. The van der Waals surface area contributed by atoms with Crippen molar-refractivity contribution in [2.45, 2.75) is 19.9 Å². The van der Waals surface area contributed by atoms with Crippen molar-refractivity contribution in [2.24, 2.45) is 7.05 Å². The molecule has 0 aliphatic heterocycles. The minimum Gasteiger partial charge on any atom is -0.348 e. The van der Waals surface area contributed by atoms with Crippen LogP contribution in [-0.2, 0) is 7.05 Å². The molecule has 0 aliphatic rings. The minimum absolute atomic E-state index is 0.175. The highest BCUT2D eigenvalue weighted by molar-refractivity contribution is 5.96. The third-order valence-electron chi connectivity index (χ3n) is 2.50. The Balaban J connectivity index is 2.64. The van der Waals surface area contributed by atoms with Crippen molar-refractivity contribution in [1.29, 1.82) is 0 Å². The van der Waals surface area contributed by atoms with Crippen LogP contribution in [0.1, 0.15) is 24.3 Å². The van der Waals surface area contributed by atoms with Crippen molar-refractivity contribution in [1.82, 2.24) is 9.47 Å². The van der Waals surface area contributed by atoms with Gasteiger partial charge in [-0.05, 0) is 33.0 Å². The maximum Gasteiger partial charge on any atom is 0.193 e. The van der Waals surface area contributed by atoms with Crippen molar-refractivity contribution in [3.8, 4) is 0 Å². The standard InChI is InChI=1S/C11H18N2O/c1-9(2)13(4)8-11(14)10-6-5-7-12(10)3/h5-7,9H,8H2,1-4H3. The number of hydrogen-bond donors (Lipinski definition) is 0. The highest BCUT2D eigenvalue weighted by atomic mass is 16.1. The Kier molecular flexibility index (Phi) is 3.47. The van der Waals surface area contributed by atoms with Crippen LogP contribution in [0.3, 0.4) is 0 Å². The normalized spacial score (nSPS) is 11.3. The molecule has 0 spiro atoms. The van der Waals surface area contributed by atoms with E-state index in [0.29, 0.717) is 12.6 Å². The Labute approximate surface area is 85.3 Å². The van der Waals surface area contributed by atoms with Crippen molar-refractivity contribution in [3.05, 3.63) is 24.0 Å². The highest BCUT2D eigenvalue weighted by Gasteiger charge is 2.13. The van der Waals surface area contributed by atoms with Crippen molar-refractivity contribution in [3.63, 3.8) is 0 Å². The smallest absolute Gasteiger partial charge is 0.193 e. The van der Waals surface area contributed by atoms with Gasteiger partial charge in [0.05, 0.1) is 12.2 Å². The molecule has 1 aromatic rings. The van der Waals surface area contributed by atoms with E-state index in [1.807, 2.05) is 41.9 Å². The molecule has 1 heterocycles. The van der Waals surface area contributed by atoms with Gasteiger partial charge in [0.25, 0.3) is 0 Å². The molecule has 0 unspecified atom stereocenters. The summed E-state index contributed by atoms with van der Waals surface area (Å²) in [6.45, 7) is 4.64. The molecule has 0 amide bonds. The summed E-state index contributed by atoms with van der Waals surface area (Å²) in [5, 5.41) is 0. The molecular weight excluding hydrogens is 176 g/mol. The quantitative estimate of drug-likeness (QED) is 0.679. The molecule has 0 aromatic carbocycles. The van der Waals surface area contributed by atoms with Gasteiger partial charge in [0.15, 0.2) is 5.78 Å². The number of carbonyl (C=O) groups is 1. The first-order valence-corrected chi connectivity index (χ1v) is 4.87. The van der Waals surface area contributed by atoms with Crippen LogP contribution in [0.15, 0.2) is 18.3 Å². The lowest BCUT2D eigenvalue weighted by atomic mass is 10.2. The molecule has 0 fully saturated rings. The second kappa shape index (κ2) is 4.42. The molecular formula is C11H18N2O. The van der Waals surface area contributed by atoms with Gasteiger partial charge >= 0.3 is 0 Å². The highest BCUT2D eigenvalue weighted by Crippen LogP contribution is 2.03. The predicted octanol–water partition coefficient (Wildman–Crippen LogP) is 1.55. The summed E-state index contributed by atoms with van der Waals surface area (Å²) in [5.74, 6) is 0.175. The van der Waals surface area contributed by atoms with Crippen molar-refractivity contribution in [2.75, 3.05) is 13.6 Å². The van der Waals surface area contributed by atoms with Crippen LogP contribution in [0, 0.1) is 0 Å². The molecule has 0 saturated carbocycles. The van der Waals surface area contributed by atoms with E-state index < -0.39 is 0 Å². The van der Waals surface area contributed by atoms with E-state index in [4.69, 9.17) is 0 Å². The van der Waals surface area contributed by atoms with Gasteiger partial charge in [0.2, 0.25) is 0 Å². The molecule has 1 rings (SSSR count). The number of hydrogen-bond acceptors (Lipinski definition) is 2. The van der Waals surface area contributed by atoms with E-state index in [9.17, 15) is 4.79 Å². The zero-order valence-corrected chi connectivity index (χ0v) is 9.32. The van der Waals surface area contributed by atoms with Crippen LogP contribution in [0.4, 0.5) is 0 Å². The van der Waals surface area contributed by atoms with E-state index in [0.717, 1.165) is 5.69 Å². The maximum absolute atomic E-state index is 11.8. The summed E-state index contributed by atoms with van der Waals surface area (Å²) in [6.07, 6.45) is 1.89. The Morgan fingerprint density at radius 2 is 2.21 bits per heavy atom. The third-order valence-corrected chi connectivity index (χ3v) is 2.50. The third kappa shape index (κ3) is 2.45. The second-order valence-corrected chi connectivity index (χ2v) is 3.94. The average Bonchev–Trinajstić information content (AvgIpc) is 2.51. The molecule has 0 N–H and O–H groups in total. The van der Waals surface area contributed by atoms with Crippen LogP contribution in [0.5, 0.6) is 0 Å². The molecule has 0 aliphatic carbocycles. The zero-order valence-electron chi connectivity index (χ0n) is 9.32. The van der Waals surface area contributed by atoms with E-state index in [2.05, 4.69) is 13.8 Å². The van der Waals surface area contributed by atoms with Gasteiger partial charge in [-0.3, -0.25) is 9.69 Å². The van der Waals surface area contributed by atoms with Crippen molar-refractivity contribution < 1.29 is 4.79 Å². The number of rotatable bonds is 4. The van der Waals surface area contributed by atoms with Crippen LogP contribution in [0.2, 0.25) is 0 Å². The zero-order chi connectivity index (χ0) is 10.7. The summed E-state index contributed by atoms with van der Waals surface area (Å²) < 4.78 is 1.86. The van der Waals surface area contributed by atoms with Gasteiger partial charge in [-0.1, -0.05) is 0 Å². The fraction of sp³-hybridized carbons (Fsp3) is 0.545. The Bertz CT molecular complexity index is 315. The fourth-order valence-corrected chi connectivity index (χ4v) is 1.24. The lowest BCUT2D eigenvalue weighted by Gasteiger charge is -2.19. The van der Waals surface area contributed by atoms with Crippen LogP contribution < -0.4 is 0 Å². The molecule has 78 valence electrons. The molecule has 0 atom stereocenters. The number of nitrogens with zero attached hydrogens (tertiary/aromatic N) is 2. The summed E-state index contributed by atoms with van der Waals surface area (Å²) in [4.78, 5) is 13.8. The first kappa shape index (κ1) is 11.0. The number of aryl methyl sites for hydroxylation is 1. The number of ketones is 1. The van der Waals surface area contributed by atoms with Gasteiger partial charge in [-0.15, -0.1) is 0 Å². The minimum atomic E-state index is 0.175. The molecule has 14 heavy (non-hydrogen) atoms. The van der Waals surface area contributed by atoms with Crippen molar-refractivity contribution >= 4 is 5.78 Å². The average molecular weight is 194 g/mol. The fourth-order valence-electron chi connectivity index (χ4n) is 1.24. The van der Waals surface area contributed by atoms with Gasteiger partial charge in [0, 0.05) is 19.3 Å². The van der Waals surface area contributed by atoms with Gasteiger partial charge in [0.1, 0.15) is 0 Å². The van der Waals surface area contributed by atoms with E-state index in [1.54, 1.807) is 0 Å². The maximum atomic E-state index is 11.8. The summed E-state index contributed by atoms with van der Waals surface area (Å²) >= 11 is 0. The largest absolute Gasteiger partial charge is 0.348 e. The topological polar surface area (TPSA) is 25.2 Å². The lowest BCUT2D eigenvalue weighted by molar-refractivity contribution is 0.0921. The van der Waals surface area contributed by atoms with Crippen LogP contribution in [0.25, 0.3) is 0 Å². The first-order chi connectivity index (χ1) is 6.52. The summed E-state index contributed by atoms with van der Waals surface area (Å²) in [5.41, 5.74) is 0.775. The van der Waals surface area contributed by atoms with Gasteiger partial charge in [-0.2, -0.15) is 0 Å². The van der Waals surface area contributed by atoms with E-state index in [-0.39, 0.29) is 5.78 Å². The molecule has 3 heteroatoms. The Morgan fingerprint density at radius 1 is 1.57 bits per heavy atom. The Hall–Kier alpha value is -1.09. The lowest BCUT2D eigenvalue weighted by Crippen LogP contribution is -2.32. The SMILES string of the molecule is CC(C)N(C)CC(=O)c1cccn1C. The summed E-state index contributed by atoms with van der Waals surface area (Å²) in [7, 11) is 3.86. The second-order valence-electron chi connectivity index (χ2n) is 3.94.